The largest absolute Gasteiger partial charge is 0.462 e. The summed E-state index contributed by atoms with van der Waals surface area (Å²) in [6.45, 7) is 2.27. The van der Waals surface area contributed by atoms with Crippen molar-refractivity contribution < 1.29 is 19.4 Å². The van der Waals surface area contributed by atoms with Crippen LogP contribution in [0.4, 0.5) is 23.1 Å². The van der Waals surface area contributed by atoms with Crippen LogP contribution in [0.15, 0.2) is 48.7 Å². The predicted octanol–water partition coefficient (Wildman–Crippen LogP) is 3.76. The summed E-state index contributed by atoms with van der Waals surface area (Å²) in [6.07, 6.45) is 13.9. The van der Waals surface area contributed by atoms with Crippen LogP contribution in [-0.4, -0.2) is 40.2 Å². The topological polar surface area (TPSA) is 139 Å². The monoisotopic (exact) mass is 465 g/mol. The molecule has 1 aliphatic carbocycles. The number of aromatic nitrogens is 2. The number of hydrogen-bond acceptors (Lipinski definition) is 8. The van der Waals surface area contributed by atoms with Gasteiger partial charge in [-0.15, -0.1) is 0 Å². The molecule has 9 heteroatoms. The first-order valence-electron chi connectivity index (χ1n) is 11.4. The highest BCUT2D eigenvalue weighted by molar-refractivity contribution is 5.94. The van der Waals surface area contributed by atoms with E-state index in [4.69, 9.17) is 15.6 Å². The first kappa shape index (κ1) is 24.9. The summed E-state index contributed by atoms with van der Waals surface area (Å²) in [4.78, 5) is 31.6. The zero-order valence-electron chi connectivity index (χ0n) is 19.3. The minimum Gasteiger partial charge on any atom is -0.462 e. The molecule has 2 heterocycles. The number of esters is 1. The van der Waals surface area contributed by atoms with Gasteiger partial charge in [-0.05, 0) is 56.2 Å². The third kappa shape index (κ3) is 7.14. The highest BCUT2D eigenvalue weighted by Gasteiger charge is 2.15. The van der Waals surface area contributed by atoms with Gasteiger partial charge in [-0.25, -0.2) is 9.78 Å². The van der Waals surface area contributed by atoms with Gasteiger partial charge in [0.1, 0.15) is 11.4 Å². The zero-order chi connectivity index (χ0) is 24.3. The number of nitrogens with zero attached hydrogens (tertiary/aromatic N) is 2. The number of hydrogen-bond donors (Lipinski definition) is 4. The Morgan fingerprint density at radius 2 is 2.18 bits per heavy atom. The van der Waals surface area contributed by atoms with Gasteiger partial charge in [0, 0.05) is 30.6 Å². The van der Waals surface area contributed by atoms with Crippen molar-refractivity contribution in [1.82, 2.24) is 9.97 Å². The van der Waals surface area contributed by atoms with Crippen molar-refractivity contribution in [2.45, 2.75) is 39.0 Å². The average Bonchev–Trinajstić information content (AvgIpc) is 3.01. The minimum absolute atomic E-state index is 0.00943. The van der Waals surface area contributed by atoms with Crippen molar-refractivity contribution >= 4 is 35.0 Å². The maximum Gasteiger partial charge on any atom is 0.343 e. The molecule has 2 aliphatic rings. The third-order valence-corrected chi connectivity index (χ3v) is 5.37. The first-order chi connectivity index (χ1) is 16.5. The lowest BCUT2D eigenvalue weighted by molar-refractivity contribution is -0.116. The fourth-order valence-corrected chi connectivity index (χ4v) is 3.60. The lowest BCUT2D eigenvalue weighted by Gasteiger charge is -2.11. The van der Waals surface area contributed by atoms with Crippen molar-refractivity contribution in [1.29, 1.82) is 0 Å². The molecule has 2 aromatic rings. The minimum atomic E-state index is -0.556. The Balaban J connectivity index is 0.000000302. The number of anilines is 4. The van der Waals surface area contributed by atoms with Gasteiger partial charge in [0.15, 0.2) is 0 Å². The summed E-state index contributed by atoms with van der Waals surface area (Å²) in [5, 5.41) is 14.5. The maximum absolute atomic E-state index is 11.7. The molecule has 1 amide bonds. The highest BCUT2D eigenvalue weighted by atomic mass is 16.5. The molecule has 1 aromatic carbocycles. The van der Waals surface area contributed by atoms with Gasteiger partial charge in [0.25, 0.3) is 0 Å². The van der Waals surface area contributed by atoms with Crippen LogP contribution in [0.5, 0.6) is 0 Å². The lowest BCUT2D eigenvalue weighted by atomic mass is 9.98. The molecule has 1 unspecified atom stereocenters. The molecule has 5 N–H and O–H groups in total. The van der Waals surface area contributed by atoms with Crippen LogP contribution >= 0.6 is 0 Å². The van der Waals surface area contributed by atoms with Crippen LogP contribution in [0.1, 0.15) is 48.5 Å². The molecule has 1 aromatic heterocycles. The molecule has 180 valence electrons. The Kier molecular flexibility index (Phi) is 9.16. The van der Waals surface area contributed by atoms with Gasteiger partial charge in [0.05, 0.1) is 6.61 Å². The molecular weight excluding hydrogens is 434 g/mol. The Morgan fingerprint density at radius 1 is 1.32 bits per heavy atom. The number of aryl methyl sites for hydroxylation is 1. The van der Waals surface area contributed by atoms with Gasteiger partial charge < -0.3 is 26.2 Å². The van der Waals surface area contributed by atoms with Gasteiger partial charge >= 0.3 is 5.97 Å². The number of aliphatic hydroxyl groups is 1. The average molecular weight is 466 g/mol. The van der Waals surface area contributed by atoms with E-state index in [2.05, 4.69) is 32.8 Å². The van der Waals surface area contributed by atoms with E-state index in [1.807, 2.05) is 30.4 Å². The van der Waals surface area contributed by atoms with E-state index in [1.165, 1.54) is 6.20 Å². The van der Waals surface area contributed by atoms with Crippen molar-refractivity contribution in [2.24, 2.45) is 5.92 Å². The van der Waals surface area contributed by atoms with Gasteiger partial charge in [0.2, 0.25) is 11.9 Å². The van der Waals surface area contributed by atoms with Crippen LogP contribution in [-0.2, 0) is 16.0 Å². The molecule has 9 nitrogen and oxygen atoms in total. The summed E-state index contributed by atoms with van der Waals surface area (Å²) in [5.41, 5.74) is 8.52. The van der Waals surface area contributed by atoms with Crippen LogP contribution in [0.3, 0.4) is 0 Å². The lowest BCUT2D eigenvalue weighted by Crippen LogP contribution is -2.11. The van der Waals surface area contributed by atoms with Crippen LogP contribution in [0, 0.1) is 5.92 Å². The van der Waals surface area contributed by atoms with Crippen molar-refractivity contribution in [2.75, 3.05) is 29.6 Å². The number of carbonyl (C=O) groups excluding carboxylic acids is 2. The number of nitrogens with two attached hydrogens (primary N) is 1. The number of amides is 1. The molecule has 4 rings (SSSR count). The number of rotatable bonds is 6. The molecule has 0 fully saturated rings. The van der Waals surface area contributed by atoms with E-state index in [9.17, 15) is 9.59 Å². The number of benzene rings is 1. The standard InChI is InChI=1S/C17H19N5O3.C8H12O/c1-2-25-16(24)12-9-19-17(22-15(12)18)20-11-7-6-10-4-3-5-14(23)21-13(10)8-11;9-7-6-8-4-2-1-3-5-8/h6-9H,2-5H2,1H3,(H,21,23)(H3,18,19,20,22);1-4,8-9H,5-7H2. The second-order valence-corrected chi connectivity index (χ2v) is 7.93. The number of nitrogens with one attached hydrogen (secondary N) is 2. The summed E-state index contributed by atoms with van der Waals surface area (Å²) < 4.78 is 4.89. The van der Waals surface area contributed by atoms with Crippen molar-refractivity contribution in [3.8, 4) is 0 Å². The Morgan fingerprint density at radius 3 is 2.88 bits per heavy atom. The molecule has 0 saturated carbocycles. The second-order valence-electron chi connectivity index (χ2n) is 7.93. The van der Waals surface area contributed by atoms with Gasteiger partial charge in [-0.1, -0.05) is 30.4 Å². The number of ether oxygens (including phenoxy) is 1. The van der Waals surface area contributed by atoms with Crippen LogP contribution < -0.4 is 16.4 Å². The molecule has 1 aliphatic heterocycles. The molecule has 34 heavy (non-hydrogen) atoms. The van der Waals surface area contributed by atoms with E-state index in [0.717, 1.165) is 36.9 Å². The third-order valence-electron chi connectivity index (χ3n) is 5.37. The fraction of sp³-hybridized carbons (Fsp3) is 0.360. The molecule has 0 radical (unpaired) electrons. The normalized spacial score (nSPS) is 16.4. The Bertz CT molecular complexity index is 1070. The predicted molar refractivity (Wildman–Crippen MR) is 132 cm³/mol. The second kappa shape index (κ2) is 12.5. The summed E-state index contributed by atoms with van der Waals surface area (Å²) in [7, 11) is 0. The Hall–Kier alpha value is -3.72. The molecule has 1 atom stereocenters. The van der Waals surface area contributed by atoms with Crippen LogP contribution in [0.2, 0.25) is 0 Å². The maximum atomic E-state index is 11.7. The molecular formula is C25H31N5O4. The van der Waals surface area contributed by atoms with E-state index in [0.29, 0.717) is 24.6 Å². The number of carbonyl (C=O) groups is 2. The number of aliphatic hydroxyl groups excluding tert-OH is 1. The molecule has 0 saturated heterocycles. The van der Waals surface area contributed by atoms with E-state index < -0.39 is 5.97 Å². The number of allylic oxidation sites excluding steroid dienone is 4. The number of fused-ring (bicyclic) bond motifs is 1. The van der Waals surface area contributed by atoms with E-state index >= 15 is 0 Å². The first-order valence-corrected chi connectivity index (χ1v) is 11.4. The molecule has 0 bridgehead atoms. The SMILES string of the molecule is CCOC(=O)c1cnc(Nc2ccc3c(c2)NC(=O)CCC3)nc1N.OCCC1C=CC=CC1. The summed E-state index contributed by atoms with van der Waals surface area (Å²) in [6, 6.07) is 5.67. The zero-order valence-corrected chi connectivity index (χ0v) is 19.3. The van der Waals surface area contributed by atoms with E-state index in [1.54, 1.807) is 6.92 Å². The quantitative estimate of drug-likeness (QED) is 0.473. The summed E-state index contributed by atoms with van der Waals surface area (Å²) >= 11 is 0. The van der Waals surface area contributed by atoms with Crippen LogP contribution in [0.25, 0.3) is 0 Å². The fourth-order valence-electron chi connectivity index (χ4n) is 3.60. The van der Waals surface area contributed by atoms with Crippen molar-refractivity contribution in [3.63, 3.8) is 0 Å². The molecule has 0 spiro atoms. The number of nitrogen functional groups attached to an aromatic ring is 1. The van der Waals surface area contributed by atoms with Gasteiger partial charge in [-0.3, -0.25) is 4.79 Å². The van der Waals surface area contributed by atoms with Gasteiger partial charge in [-0.2, -0.15) is 4.98 Å². The Labute approximate surface area is 199 Å². The van der Waals surface area contributed by atoms with Crippen molar-refractivity contribution in [3.05, 3.63) is 59.8 Å². The van der Waals surface area contributed by atoms with E-state index in [-0.39, 0.29) is 29.8 Å². The summed E-state index contributed by atoms with van der Waals surface area (Å²) in [5.74, 6) is 0.332. The highest BCUT2D eigenvalue weighted by Crippen LogP contribution is 2.27. The smallest absolute Gasteiger partial charge is 0.343 e.